The monoisotopic (exact) mass is 405 g/mol. The molecule has 0 aliphatic heterocycles. The predicted octanol–water partition coefficient (Wildman–Crippen LogP) is 3.60. The van der Waals surface area contributed by atoms with E-state index in [2.05, 4.69) is 24.1 Å². The van der Waals surface area contributed by atoms with E-state index in [1.807, 2.05) is 6.92 Å². The summed E-state index contributed by atoms with van der Waals surface area (Å²) in [6, 6.07) is 5.16. The number of nitrogens with zero attached hydrogens (tertiary/aromatic N) is 2. The van der Waals surface area contributed by atoms with E-state index in [-0.39, 0.29) is 18.4 Å². The molecule has 1 aromatic heterocycles. The highest BCUT2D eigenvalue weighted by atomic mass is 32.1. The molecular weight excluding hydrogens is 378 g/mol. The molecule has 28 heavy (non-hydrogen) atoms. The van der Waals surface area contributed by atoms with Gasteiger partial charge in [-0.1, -0.05) is 19.9 Å². The number of carbonyl (C=O) groups excluding carboxylic acids is 2. The molecule has 0 aliphatic rings. The summed E-state index contributed by atoms with van der Waals surface area (Å²) in [4.78, 5) is 32.5. The van der Waals surface area contributed by atoms with Crippen molar-refractivity contribution >= 4 is 28.3 Å². The van der Waals surface area contributed by atoms with Crippen LogP contribution in [0.3, 0.4) is 0 Å². The topological polar surface area (TPSA) is 80.8 Å². The Balaban J connectivity index is 2.24. The Bertz CT molecular complexity index is 797. The van der Waals surface area contributed by atoms with Gasteiger partial charge in [-0.05, 0) is 31.4 Å². The number of aryl methyl sites for hydroxylation is 1. The van der Waals surface area contributed by atoms with E-state index in [1.54, 1.807) is 24.4 Å². The molecule has 7 nitrogen and oxygen atoms in total. The van der Waals surface area contributed by atoms with Crippen LogP contribution in [0.1, 0.15) is 35.5 Å². The van der Waals surface area contributed by atoms with Gasteiger partial charge in [-0.25, -0.2) is 4.98 Å². The number of amides is 2. The van der Waals surface area contributed by atoms with Crippen LogP contribution in [0, 0.1) is 12.8 Å². The average molecular weight is 406 g/mol. The van der Waals surface area contributed by atoms with E-state index in [0.29, 0.717) is 34.7 Å². The van der Waals surface area contributed by atoms with Gasteiger partial charge in [0.25, 0.3) is 5.91 Å². The maximum Gasteiger partial charge on any atom is 0.261 e. The van der Waals surface area contributed by atoms with Gasteiger partial charge in [0, 0.05) is 17.6 Å². The number of nitrogens with one attached hydrogen (secondary N) is 1. The summed E-state index contributed by atoms with van der Waals surface area (Å²) < 4.78 is 10.7. The van der Waals surface area contributed by atoms with Crippen molar-refractivity contribution in [1.82, 2.24) is 9.88 Å². The maximum atomic E-state index is 13.3. The Hall–Kier alpha value is -2.61. The van der Waals surface area contributed by atoms with Crippen molar-refractivity contribution in [3.05, 3.63) is 34.8 Å². The first-order valence-electron chi connectivity index (χ1n) is 9.08. The number of ether oxygens (including phenoxy) is 2. The molecule has 152 valence electrons. The largest absolute Gasteiger partial charge is 0.496 e. The van der Waals surface area contributed by atoms with E-state index in [1.165, 1.54) is 30.5 Å². The lowest BCUT2D eigenvalue weighted by Crippen LogP contribution is -2.39. The summed E-state index contributed by atoms with van der Waals surface area (Å²) in [5, 5.41) is 3.28. The van der Waals surface area contributed by atoms with Gasteiger partial charge in [0.15, 0.2) is 5.13 Å². The summed E-state index contributed by atoms with van der Waals surface area (Å²) in [5.41, 5.74) is 0.314. The highest BCUT2D eigenvalue weighted by molar-refractivity contribution is 7.15. The molecular formula is C20H27N3O4S. The van der Waals surface area contributed by atoms with Crippen molar-refractivity contribution in [3.63, 3.8) is 0 Å². The van der Waals surface area contributed by atoms with Gasteiger partial charge in [0.2, 0.25) is 5.91 Å². The van der Waals surface area contributed by atoms with Gasteiger partial charge < -0.3 is 19.7 Å². The second-order valence-electron chi connectivity index (χ2n) is 6.77. The van der Waals surface area contributed by atoms with Crippen LogP contribution in [0.5, 0.6) is 11.5 Å². The molecule has 0 saturated heterocycles. The molecule has 8 heteroatoms. The minimum atomic E-state index is -0.305. The molecule has 2 rings (SSSR count). The van der Waals surface area contributed by atoms with Crippen LogP contribution in [-0.2, 0) is 4.79 Å². The van der Waals surface area contributed by atoms with E-state index in [9.17, 15) is 9.59 Å². The summed E-state index contributed by atoms with van der Waals surface area (Å²) in [5.74, 6) is 0.616. The fourth-order valence-electron chi connectivity index (χ4n) is 2.63. The number of methoxy groups -OCH3 is 2. The van der Waals surface area contributed by atoms with Crippen molar-refractivity contribution in [3.8, 4) is 11.5 Å². The van der Waals surface area contributed by atoms with Crippen molar-refractivity contribution in [2.75, 3.05) is 32.6 Å². The first-order chi connectivity index (χ1) is 13.3. The van der Waals surface area contributed by atoms with Crippen LogP contribution < -0.4 is 14.8 Å². The van der Waals surface area contributed by atoms with E-state index in [0.717, 1.165) is 11.3 Å². The van der Waals surface area contributed by atoms with Gasteiger partial charge in [0.1, 0.15) is 23.6 Å². The third-order valence-electron chi connectivity index (χ3n) is 4.11. The number of benzene rings is 1. The standard InChI is InChI=1S/C20H27N3O4S/c1-13(2)9-10-23(12-17(24)22-20-21-11-14(3)28-20)19(25)18-15(26-4)7-6-8-16(18)27-5/h6-8,11,13H,9-10,12H2,1-5H3,(H,21,22,24). The summed E-state index contributed by atoms with van der Waals surface area (Å²) in [7, 11) is 3.00. The third-order valence-corrected chi connectivity index (χ3v) is 4.94. The molecule has 0 unspecified atom stereocenters. The summed E-state index contributed by atoms with van der Waals surface area (Å²) >= 11 is 1.39. The van der Waals surface area contributed by atoms with Gasteiger partial charge in [-0.3, -0.25) is 9.59 Å². The summed E-state index contributed by atoms with van der Waals surface area (Å²) in [6.07, 6.45) is 2.47. The SMILES string of the molecule is COc1cccc(OC)c1C(=O)N(CCC(C)C)CC(=O)Nc1ncc(C)s1. The number of hydrogen-bond donors (Lipinski definition) is 1. The molecule has 0 atom stereocenters. The second-order valence-corrected chi connectivity index (χ2v) is 8.01. The van der Waals surface area contributed by atoms with Gasteiger partial charge >= 0.3 is 0 Å². The van der Waals surface area contributed by atoms with E-state index >= 15 is 0 Å². The fourth-order valence-corrected chi connectivity index (χ4v) is 3.31. The molecule has 2 amide bonds. The maximum absolute atomic E-state index is 13.3. The van der Waals surface area contributed by atoms with Crippen LogP contribution in [0.4, 0.5) is 5.13 Å². The Morgan fingerprint density at radius 2 is 1.86 bits per heavy atom. The second kappa shape index (κ2) is 10.1. The Labute approximate surface area is 169 Å². The zero-order valence-electron chi connectivity index (χ0n) is 16.9. The Morgan fingerprint density at radius 3 is 2.36 bits per heavy atom. The molecule has 1 heterocycles. The molecule has 0 spiro atoms. The quantitative estimate of drug-likeness (QED) is 0.689. The lowest BCUT2D eigenvalue weighted by molar-refractivity contribution is -0.116. The Kier molecular flexibility index (Phi) is 7.80. The number of anilines is 1. The van der Waals surface area contributed by atoms with Crippen LogP contribution in [0.2, 0.25) is 0 Å². The highest BCUT2D eigenvalue weighted by Crippen LogP contribution is 2.30. The van der Waals surface area contributed by atoms with Gasteiger partial charge in [-0.2, -0.15) is 0 Å². The van der Waals surface area contributed by atoms with E-state index < -0.39 is 0 Å². The number of hydrogen-bond acceptors (Lipinski definition) is 6. The Morgan fingerprint density at radius 1 is 1.21 bits per heavy atom. The lowest BCUT2D eigenvalue weighted by atomic mass is 10.1. The van der Waals surface area contributed by atoms with Crippen molar-refractivity contribution < 1.29 is 19.1 Å². The number of aromatic nitrogens is 1. The van der Waals surface area contributed by atoms with Crippen LogP contribution >= 0.6 is 11.3 Å². The number of thiazole rings is 1. The van der Waals surface area contributed by atoms with Crippen LogP contribution in [-0.4, -0.2) is 49.0 Å². The van der Waals surface area contributed by atoms with Crippen LogP contribution in [0.25, 0.3) is 0 Å². The zero-order valence-corrected chi connectivity index (χ0v) is 17.8. The van der Waals surface area contributed by atoms with Crippen molar-refractivity contribution in [2.45, 2.75) is 27.2 Å². The zero-order chi connectivity index (χ0) is 20.7. The molecule has 0 fully saturated rings. The minimum Gasteiger partial charge on any atom is -0.496 e. The van der Waals surface area contributed by atoms with Gasteiger partial charge in [-0.15, -0.1) is 11.3 Å². The molecule has 0 saturated carbocycles. The molecule has 0 bridgehead atoms. The molecule has 1 N–H and O–H groups in total. The average Bonchev–Trinajstić information content (AvgIpc) is 3.08. The van der Waals surface area contributed by atoms with Gasteiger partial charge in [0.05, 0.1) is 14.2 Å². The first kappa shape index (κ1) is 21.7. The normalized spacial score (nSPS) is 10.6. The predicted molar refractivity (Wildman–Crippen MR) is 110 cm³/mol. The third kappa shape index (κ3) is 5.69. The van der Waals surface area contributed by atoms with E-state index in [4.69, 9.17) is 9.47 Å². The van der Waals surface area contributed by atoms with Crippen molar-refractivity contribution in [2.24, 2.45) is 5.92 Å². The lowest BCUT2D eigenvalue weighted by Gasteiger charge is -2.24. The highest BCUT2D eigenvalue weighted by Gasteiger charge is 2.25. The first-order valence-corrected chi connectivity index (χ1v) is 9.89. The molecule has 1 aromatic carbocycles. The minimum absolute atomic E-state index is 0.0780. The summed E-state index contributed by atoms with van der Waals surface area (Å²) in [6.45, 7) is 6.43. The number of rotatable bonds is 9. The van der Waals surface area contributed by atoms with Crippen molar-refractivity contribution in [1.29, 1.82) is 0 Å². The number of carbonyl (C=O) groups is 2. The fraction of sp³-hybridized carbons (Fsp3) is 0.450. The van der Waals surface area contributed by atoms with Crippen LogP contribution in [0.15, 0.2) is 24.4 Å². The molecule has 0 radical (unpaired) electrons. The smallest absolute Gasteiger partial charge is 0.261 e. The molecule has 0 aliphatic carbocycles. The molecule has 2 aromatic rings.